The number of nitrogens with one attached hydrogen (secondary N) is 1. The summed E-state index contributed by atoms with van der Waals surface area (Å²) in [6.45, 7) is 5.69. The van der Waals surface area contributed by atoms with Crippen LogP contribution in [0, 0.1) is 0 Å². The molecule has 106 valence electrons. The van der Waals surface area contributed by atoms with Crippen molar-refractivity contribution in [1.82, 2.24) is 5.32 Å². The lowest BCUT2D eigenvalue weighted by Gasteiger charge is -2.38. The number of ether oxygens (including phenoxy) is 1. The van der Waals surface area contributed by atoms with E-state index < -0.39 is 5.60 Å². The molecule has 0 spiro atoms. The first kappa shape index (κ1) is 15.7. The van der Waals surface area contributed by atoms with Crippen molar-refractivity contribution in [2.75, 3.05) is 5.75 Å². The van der Waals surface area contributed by atoms with E-state index in [1.165, 1.54) is 19.3 Å². The van der Waals surface area contributed by atoms with Crippen LogP contribution >= 0.6 is 12.6 Å². The van der Waals surface area contributed by atoms with Gasteiger partial charge >= 0.3 is 6.09 Å². The van der Waals surface area contributed by atoms with Gasteiger partial charge in [-0.3, -0.25) is 0 Å². The van der Waals surface area contributed by atoms with Crippen LogP contribution in [0.2, 0.25) is 0 Å². The second-order valence-electron chi connectivity index (χ2n) is 6.30. The minimum atomic E-state index is -0.427. The molecule has 1 aliphatic carbocycles. The van der Waals surface area contributed by atoms with Gasteiger partial charge < -0.3 is 10.1 Å². The standard InChI is InChI=1S/C14H27NO2S/c1-13(2,3)17-12(16)15-14(10-7-11-18)8-5-4-6-9-14/h18H,4-11H2,1-3H3,(H,15,16). The van der Waals surface area contributed by atoms with Crippen molar-refractivity contribution in [2.45, 2.75) is 76.9 Å². The molecule has 0 aromatic rings. The van der Waals surface area contributed by atoms with Crippen LogP contribution < -0.4 is 5.32 Å². The number of rotatable bonds is 4. The Labute approximate surface area is 116 Å². The van der Waals surface area contributed by atoms with Gasteiger partial charge in [-0.15, -0.1) is 0 Å². The Bertz CT molecular complexity index is 267. The van der Waals surface area contributed by atoms with E-state index in [1.807, 2.05) is 20.8 Å². The van der Waals surface area contributed by atoms with Gasteiger partial charge in [-0.25, -0.2) is 4.79 Å². The molecule has 0 heterocycles. The number of thiol groups is 1. The Balaban J connectivity index is 2.57. The van der Waals surface area contributed by atoms with E-state index in [0.29, 0.717) is 0 Å². The van der Waals surface area contributed by atoms with E-state index >= 15 is 0 Å². The first-order valence-corrected chi connectivity index (χ1v) is 7.62. The van der Waals surface area contributed by atoms with Crippen molar-refractivity contribution in [3.63, 3.8) is 0 Å². The minimum Gasteiger partial charge on any atom is -0.444 e. The Morgan fingerprint density at radius 1 is 1.28 bits per heavy atom. The molecule has 0 aliphatic heterocycles. The summed E-state index contributed by atoms with van der Waals surface area (Å²) >= 11 is 4.27. The van der Waals surface area contributed by atoms with Crippen molar-refractivity contribution in [1.29, 1.82) is 0 Å². The van der Waals surface area contributed by atoms with Gasteiger partial charge in [0.15, 0.2) is 0 Å². The molecule has 1 amide bonds. The van der Waals surface area contributed by atoms with Gasteiger partial charge in [-0.2, -0.15) is 12.6 Å². The Morgan fingerprint density at radius 2 is 1.89 bits per heavy atom. The lowest BCUT2D eigenvalue weighted by molar-refractivity contribution is 0.0415. The quantitative estimate of drug-likeness (QED) is 0.762. The summed E-state index contributed by atoms with van der Waals surface area (Å²) in [6.07, 6.45) is 7.58. The van der Waals surface area contributed by atoms with E-state index in [2.05, 4.69) is 17.9 Å². The van der Waals surface area contributed by atoms with E-state index in [4.69, 9.17) is 4.74 Å². The SMILES string of the molecule is CC(C)(C)OC(=O)NC1(CCCS)CCCCC1. The highest BCUT2D eigenvalue weighted by atomic mass is 32.1. The molecule has 0 aromatic heterocycles. The zero-order valence-electron chi connectivity index (χ0n) is 11.9. The Hall–Kier alpha value is -0.380. The smallest absolute Gasteiger partial charge is 0.408 e. The van der Waals surface area contributed by atoms with Gasteiger partial charge in [0.25, 0.3) is 0 Å². The monoisotopic (exact) mass is 273 g/mol. The molecule has 1 saturated carbocycles. The van der Waals surface area contributed by atoms with E-state index in [-0.39, 0.29) is 11.6 Å². The van der Waals surface area contributed by atoms with Gasteiger partial charge in [-0.05, 0) is 52.2 Å². The second kappa shape index (κ2) is 6.69. The summed E-state index contributed by atoms with van der Waals surface area (Å²) in [4.78, 5) is 11.9. The molecule has 4 heteroatoms. The number of alkyl carbamates (subject to hydrolysis) is 1. The molecule has 1 fully saturated rings. The lowest BCUT2D eigenvalue weighted by atomic mass is 9.79. The van der Waals surface area contributed by atoms with Crippen LogP contribution in [0.5, 0.6) is 0 Å². The van der Waals surface area contributed by atoms with Crippen molar-refractivity contribution in [3.8, 4) is 0 Å². The van der Waals surface area contributed by atoms with Crippen LogP contribution in [0.3, 0.4) is 0 Å². The Morgan fingerprint density at radius 3 is 2.39 bits per heavy atom. The maximum Gasteiger partial charge on any atom is 0.408 e. The van der Waals surface area contributed by atoms with Gasteiger partial charge in [0.1, 0.15) is 5.60 Å². The van der Waals surface area contributed by atoms with E-state index in [0.717, 1.165) is 31.4 Å². The first-order valence-electron chi connectivity index (χ1n) is 6.99. The summed E-state index contributed by atoms with van der Waals surface area (Å²) in [5.41, 5.74) is -0.479. The highest BCUT2D eigenvalue weighted by Gasteiger charge is 2.34. The molecule has 18 heavy (non-hydrogen) atoms. The highest BCUT2D eigenvalue weighted by molar-refractivity contribution is 7.80. The first-order chi connectivity index (χ1) is 8.37. The fraction of sp³-hybridized carbons (Fsp3) is 0.929. The van der Waals surface area contributed by atoms with Gasteiger partial charge in [0, 0.05) is 5.54 Å². The molecule has 0 unspecified atom stereocenters. The zero-order valence-corrected chi connectivity index (χ0v) is 12.8. The molecule has 0 saturated heterocycles. The molecule has 3 nitrogen and oxygen atoms in total. The second-order valence-corrected chi connectivity index (χ2v) is 6.74. The normalized spacial score (nSPS) is 19.3. The predicted octanol–water partition coefficient (Wildman–Crippen LogP) is 3.92. The minimum absolute atomic E-state index is 0.0523. The molecular formula is C14H27NO2S. The fourth-order valence-electron chi connectivity index (χ4n) is 2.60. The third-order valence-corrected chi connectivity index (χ3v) is 3.71. The summed E-state index contributed by atoms with van der Waals surface area (Å²) in [5.74, 6) is 0.873. The fourth-order valence-corrected chi connectivity index (χ4v) is 2.76. The van der Waals surface area contributed by atoms with Crippen LogP contribution in [-0.4, -0.2) is 23.0 Å². The topological polar surface area (TPSA) is 38.3 Å². The lowest BCUT2D eigenvalue weighted by Crippen LogP contribution is -2.51. The number of amides is 1. The van der Waals surface area contributed by atoms with Crippen LogP contribution in [0.15, 0.2) is 0 Å². The van der Waals surface area contributed by atoms with E-state index in [9.17, 15) is 4.79 Å². The van der Waals surface area contributed by atoms with Gasteiger partial charge in [0.05, 0.1) is 0 Å². The molecule has 1 rings (SSSR count). The van der Waals surface area contributed by atoms with Crippen LogP contribution in [0.1, 0.15) is 65.7 Å². The molecule has 0 bridgehead atoms. The van der Waals surface area contributed by atoms with Crippen LogP contribution in [-0.2, 0) is 4.74 Å². The number of carbonyl (C=O) groups is 1. The molecule has 0 radical (unpaired) electrons. The third-order valence-electron chi connectivity index (χ3n) is 3.39. The van der Waals surface area contributed by atoms with Crippen LogP contribution in [0.25, 0.3) is 0 Å². The average Bonchev–Trinajstić information content (AvgIpc) is 2.25. The van der Waals surface area contributed by atoms with Crippen molar-refractivity contribution < 1.29 is 9.53 Å². The maximum absolute atomic E-state index is 11.9. The summed E-state index contributed by atoms with van der Waals surface area (Å²) in [6, 6.07) is 0. The number of hydrogen-bond acceptors (Lipinski definition) is 3. The van der Waals surface area contributed by atoms with Gasteiger partial charge in [-0.1, -0.05) is 19.3 Å². The van der Waals surface area contributed by atoms with Crippen molar-refractivity contribution in [2.24, 2.45) is 0 Å². The predicted molar refractivity (Wildman–Crippen MR) is 78.3 cm³/mol. The van der Waals surface area contributed by atoms with E-state index in [1.54, 1.807) is 0 Å². The van der Waals surface area contributed by atoms with Crippen molar-refractivity contribution in [3.05, 3.63) is 0 Å². The molecule has 1 aliphatic rings. The molecule has 0 atom stereocenters. The van der Waals surface area contributed by atoms with Crippen LogP contribution in [0.4, 0.5) is 4.79 Å². The van der Waals surface area contributed by atoms with Crippen molar-refractivity contribution >= 4 is 18.7 Å². The number of hydrogen-bond donors (Lipinski definition) is 2. The number of carbonyl (C=O) groups excluding carboxylic acids is 1. The highest BCUT2D eigenvalue weighted by Crippen LogP contribution is 2.32. The summed E-state index contributed by atoms with van der Waals surface area (Å²) in [5, 5.41) is 3.13. The Kier molecular flexibility index (Phi) is 5.83. The largest absolute Gasteiger partial charge is 0.444 e. The maximum atomic E-state index is 11.9. The molecule has 0 aromatic carbocycles. The molecule has 1 N–H and O–H groups in total. The summed E-state index contributed by atoms with van der Waals surface area (Å²) < 4.78 is 5.38. The summed E-state index contributed by atoms with van der Waals surface area (Å²) in [7, 11) is 0. The average molecular weight is 273 g/mol. The third kappa shape index (κ3) is 5.51. The van der Waals surface area contributed by atoms with Gasteiger partial charge in [0.2, 0.25) is 0 Å². The molecular weight excluding hydrogens is 246 g/mol. The zero-order chi connectivity index (χ0) is 13.6.